The molecule has 0 radical (unpaired) electrons. The van der Waals surface area contributed by atoms with Gasteiger partial charge in [-0.3, -0.25) is 14.4 Å². The van der Waals surface area contributed by atoms with Crippen molar-refractivity contribution < 1.29 is 32.7 Å². The Bertz CT molecular complexity index is 981. The lowest BCUT2D eigenvalue weighted by Crippen LogP contribution is -2.31. The predicted molar refractivity (Wildman–Crippen MR) is 92.3 cm³/mol. The van der Waals surface area contributed by atoms with Gasteiger partial charge in [-0.2, -0.15) is 13.2 Å². The fourth-order valence-electron chi connectivity index (χ4n) is 2.51. The van der Waals surface area contributed by atoms with Crippen LogP contribution in [0.25, 0.3) is 5.76 Å². The molecule has 0 unspecified atom stereocenters. The quantitative estimate of drug-likeness (QED) is 0.468. The summed E-state index contributed by atoms with van der Waals surface area (Å²) in [7, 11) is 0. The molecule has 0 aromatic heterocycles. The maximum atomic E-state index is 12.4. The Kier molecular flexibility index (Phi) is 4.79. The zero-order valence-corrected chi connectivity index (χ0v) is 14.1. The average molecular weight is 393 g/mol. The summed E-state index contributed by atoms with van der Waals surface area (Å²) in [5.41, 5.74) is -5.00. The summed E-state index contributed by atoms with van der Waals surface area (Å²) in [6.45, 7) is 0. The molecule has 2 aromatic rings. The van der Waals surface area contributed by atoms with Crippen molar-refractivity contribution in [2.75, 3.05) is 5.32 Å². The van der Waals surface area contributed by atoms with E-state index >= 15 is 0 Å². The number of ketones is 2. The molecule has 0 aliphatic heterocycles. The maximum Gasteiger partial charge on any atom is 0.446 e. The minimum absolute atomic E-state index is 0.00919. The van der Waals surface area contributed by atoms with E-state index in [9.17, 15) is 32.7 Å². The zero-order chi connectivity index (χ0) is 19.8. The van der Waals surface area contributed by atoms with Crippen LogP contribution >= 0.6 is 11.8 Å². The lowest BCUT2D eigenvalue weighted by atomic mass is 9.88. The van der Waals surface area contributed by atoms with Gasteiger partial charge in [-0.05, 0) is 36.0 Å². The highest BCUT2D eigenvalue weighted by molar-refractivity contribution is 8.00. The Morgan fingerprint density at radius 1 is 0.926 bits per heavy atom. The Hall–Kier alpha value is -3.07. The van der Waals surface area contributed by atoms with E-state index in [1.165, 1.54) is 36.4 Å². The van der Waals surface area contributed by atoms with E-state index in [0.717, 1.165) is 12.1 Å². The zero-order valence-electron chi connectivity index (χ0n) is 13.3. The van der Waals surface area contributed by atoms with Gasteiger partial charge in [-0.15, -0.1) is 0 Å². The molecule has 1 aliphatic rings. The van der Waals surface area contributed by atoms with Crippen LogP contribution in [0.15, 0.2) is 59.0 Å². The first-order valence-corrected chi connectivity index (χ1v) is 8.28. The van der Waals surface area contributed by atoms with Crippen LogP contribution in [0.5, 0.6) is 0 Å². The number of benzene rings is 2. The van der Waals surface area contributed by atoms with E-state index < -0.39 is 34.3 Å². The molecule has 5 nitrogen and oxygen atoms in total. The Labute approximate surface area is 154 Å². The van der Waals surface area contributed by atoms with Crippen LogP contribution in [0.4, 0.5) is 18.9 Å². The topological polar surface area (TPSA) is 83.5 Å². The molecule has 1 aliphatic carbocycles. The van der Waals surface area contributed by atoms with Crippen molar-refractivity contribution in [2.45, 2.75) is 10.4 Å². The van der Waals surface area contributed by atoms with Gasteiger partial charge in [0, 0.05) is 21.7 Å². The molecular weight excluding hydrogens is 383 g/mol. The first kappa shape index (κ1) is 18.7. The van der Waals surface area contributed by atoms with Crippen LogP contribution < -0.4 is 5.32 Å². The third-order valence-electron chi connectivity index (χ3n) is 3.67. The minimum atomic E-state index is -4.44. The van der Waals surface area contributed by atoms with E-state index in [1.54, 1.807) is 0 Å². The second-order valence-electron chi connectivity index (χ2n) is 5.45. The summed E-state index contributed by atoms with van der Waals surface area (Å²) in [4.78, 5) is 36.6. The molecule has 0 saturated carbocycles. The van der Waals surface area contributed by atoms with Gasteiger partial charge in [0.2, 0.25) is 11.6 Å². The average Bonchev–Trinajstić information content (AvgIpc) is 2.60. The standard InChI is InChI=1S/C18H10F3NO4S/c19-18(20,21)27-10-7-5-9(6-8-10)22-17(26)13-14(23)11-3-1-2-4-12(11)15(24)16(13)25/h1-8,23H,(H,22,26). The summed E-state index contributed by atoms with van der Waals surface area (Å²) in [5.74, 6) is -3.74. The molecule has 0 saturated heterocycles. The number of anilines is 1. The van der Waals surface area contributed by atoms with Crippen molar-refractivity contribution in [1.29, 1.82) is 0 Å². The third kappa shape index (κ3) is 3.87. The van der Waals surface area contributed by atoms with Crippen molar-refractivity contribution in [1.82, 2.24) is 0 Å². The summed E-state index contributed by atoms with van der Waals surface area (Å²) in [5, 5.41) is 12.5. The number of hydrogen-bond donors (Lipinski definition) is 2. The lowest BCUT2D eigenvalue weighted by molar-refractivity contribution is -0.118. The molecule has 0 heterocycles. The number of Topliss-reactive ketones (excluding diaryl/α,β-unsaturated/α-hetero) is 2. The van der Waals surface area contributed by atoms with E-state index in [-0.39, 0.29) is 33.5 Å². The molecule has 3 rings (SSSR count). The van der Waals surface area contributed by atoms with E-state index in [2.05, 4.69) is 5.32 Å². The highest BCUT2D eigenvalue weighted by Gasteiger charge is 2.36. The van der Waals surface area contributed by atoms with Crippen molar-refractivity contribution in [3.63, 3.8) is 0 Å². The van der Waals surface area contributed by atoms with E-state index in [0.29, 0.717) is 0 Å². The first-order chi connectivity index (χ1) is 12.7. The number of carbonyl (C=O) groups excluding carboxylic acids is 3. The molecule has 27 heavy (non-hydrogen) atoms. The van der Waals surface area contributed by atoms with Crippen molar-refractivity contribution in [3.05, 3.63) is 65.2 Å². The van der Waals surface area contributed by atoms with Crippen molar-refractivity contribution >= 4 is 40.7 Å². The Balaban J connectivity index is 1.86. The van der Waals surface area contributed by atoms with Crippen LogP contribution in [0.1, 0.15) is 15.9 Å². The second-order valence-corrected chi connectivity index (χ2v) is 6.59. The Morgan fingerprint density at radius 3 is 2.11 bits per heavy atom. The largest absolute Gasteiger partial charge is 0.506 e. The molecule has 2 aromatic carbocycles. The second kappa shape index (κ2) is 6.92. The number of rotatable bonds is 3. The van der Waals surface area contributed by atoms with Crippen molar-refractivity contribution in [3.8, 4) is 0 Å². The van der Waals surface area contributed by atoms with Gasteiger partial charge in [0.05, 0.1) is 0 Å². The van der Waals surface area contributed by atoms with Crippen LogP contribution in [-0.4, -0.2) is 28.1 Å². The smallest absolute Gasteiger partial charge is 0.446 e. The molecule has 1 amide bonds. The summed E-state index contributed by atoms with van der Waals surface area (Å²) in [6.07, 6.45) is 0. The SMILES string of the molecule is O=C(Nc1ccc(SC(F)(F)F)cc1)C1=C(O)c2ccccc2C(=O)C1=O. The number of fused-ring (bicyclic) bond motifs is 1. The number of nitrogens with one attached hydrogen (secondary N) is 1. The summed E-state index contributed by atoms with van der Waals surface area (Å²) >= 11 is -0.311. The molecule has 9 heteroatoms. The third-order valence-corrected chi connectivity index (χ3v) is 4.41. The molecule has 2 N–H and O–H groups in total. The summed E-state index contributed by atoms with van der Waals surface area (Å²) < 4.78 is 37.0. The highest BCUT2D eigenvalue weighted by atomic mass is 32.2. The number of thioether (sulfide) groups is 1. The number of aliphatic hydroxyl groups is 1. The molecular formula is C18H10F3NO4S. The van der Waals surface area contributed by atoms with Crippen molar-refractivity contribution in [2.24, 2.45) is 0 Å². The molecule has 0 bridgehead atoms. The van der Waals surface area contributed by atoms with Crippen LogP contribution in [0.3, 0.4) is 0 Å². The normalized spacial score (nSPS) is 14.2. The number of hydrogen-bond acceptors (Lipinski definition) is 5. The van der Waals surface area contributed by atoms with Crippen LogP contribution in [0.2, 0.25) is 0 Å². The van der Waals surface area contributed by atoms with E-state index in [4.69, 9.17) is 0 Å². The fraction of sp³-hybridized carbons (Fsp3) is 0.0556. The van der Waals surface area contributed by atoms with Gasteiger partial charge in [0.25, 0.3) is 5.91 Å². The number of alkyl halides is 3. The lowest BCUT2D eigenvalue weighted by Gasteiger charge is -2.17. The predicted octanol–water partition coefficient (Wildman–Crippen LogP) is 3.97. The van der Waals surface area contributed by atoms with Gasteiger partial charge in [-0.25, -0.2) is 0 Å². The number of halogens is 3. The first-order valence-electron chi connectivity index (χ1n) is 7.46. The number of amides is 1. The van der Waals surface area contributed by atoms with Gasteiger partial charge in [-0.1, -0.05) is 24.3 Å². The maximum absolute atomic E-state index is 12.4. The highest BCUT2D eigenvalue weighted by Crippen LogP contribution is 2.37. The number of carbonyl (C=O) groups is 3. The summed E-state index contributed by atoms with van der Waals surface area (Å²) in [6, 6.07) is 10.5. The van der Waals surface area contributed by atoms with Crippen LogP contribution in [0, 0.1) is 0 Å². The van der Waals surface area contributed by atoms with Gasteiger partial charge in [0.1, 0.15) is 11.3 Å². The molecule has 0 atom stereocenters. The van der Waals surface area contributed by atoms with E-state index in [1.807, 2.05) is 0 Å². The molecule has 0 fully saturated rings. The Morgan fingerprint density at radius 2 is 1.52 bits per heavy atom. The van der Waals surface area contributed by atoms with Gasteiger partial charge in [0.15, 0.2) is 0 Å². The molecule has 0 spiro atoms. The van der Waals surface area contributed by atoms with Crippen LogP contribution in [-0.2, 0) is 9.59 Å². The minimum Gasteiger partial charge on any atom is -0.506 e. The molecule has 138 valence electrons. The van der Waals surface area contributed by atoms with Gasteiger partial charge < -0.3 is 10.4 Å². The number of aliphatic hydroxyl groups excluding tert-OH is 1. The van der Waals surface area contributed by atoms with Gasteiger partial charge >= 0.3 is 5.51 Å². The monoisotopic (exact) mass is 393 g/mol. The fourth-order valence-corrected chi connectivity index (χ4v) is 3.05.